The maximum Gasteiger partial charge on any atom is 0.171 e. The molecule has 1 aromatic rings. The summed E-state index contributed by atoms with van der Waals surface area (Å²) in [5.41, 5.74) is 0.347. The summed E-state index contributed by atoms with van der Waals surface area (Å²) in [4.78, 5) is 6.32. The van der Waals surface area contributed by atoms with Crippen LogP contribution in [0, 0.1) is 11.7 Å². The van der Waals surface area contributed by atoms with Crippen molar-refractivity contribution in [2.75, 3.05) is 11.4 Å². The van der Waals surface area contributed by atoms with E-state index in [9.17, 15) is 4.39 Å². The Bertz CT molecular complexity index is 438. The quantitative estimate of drug-likeness (QED) is 0.876. The molecule has 1 N–H and O–H groups in total. The summed E-state index contributed by atoms with van der Waals surface area (Å²) < 4.78 is 14.2. The van der Waals surface area contributed by atoms with Gasteiger partial charge in [0.1, 0.15) is 0 Å². The zero-order valence-corrected chi connectivity index (χ0v) is 10.5. The number of aromatic nitrogens is 1. The molecule has 1 aromatic heterocycles. The van der Waals surface area contributed by atoms with Crippen LogP contribution in [-0.4, -0.2) is 22.7 Å². The molecule has 0 amide bonds. The number of rotatable bonds is 2. The van der Waals surface area contributed by atoms with Gasteiger partial charge in [-0.25, -0.2) is 9.37 Å². The molecule has 2 atom stereocenters. The molecule has 0 radical (unpaired) electrons. The lowest BCUT2D eigenvalue weighted by Gasteiger charge is -2.32. The smallest absolute Gasteiger partial charge is 0.171 e. The lowest BCUT2D eigenvalue weighted by atomic mass is 9.85. The Morgan fingerprint density at radius 1 is 1.33 bits per heavy atom. The largest absolute Gasteiger partial charge is 0.392 e. The molecule has 4 heteroatoms. The molecular formula is C14H19FN2O. The van der Waals surface area contributed by atoms with E-state index in [0.29, 0.717) is 23.3 Å². The average molecular weight is 250 g/mol. The van der Waals surface area contributed by atoms with Crippen LogP contribution in [0.5, 0.6) is 0 Å². The number of hydrogen-bond donors (Lipinski definition) is 1. The molecule has 3 rings (SSSR count). The molecule has 98 valence electrons. The minimum Gasteiger partial charge on any atom is -0.392 e. The summed E-state index contributed by atoms with van der Waals surface area (Å²) in [7, 11) is 0. The number of halogens is 1. The third kappa shape index (κ3) is 1.88. The van der Waals surface area contributed by atoms with Gasteiger partial charge in [0.25, 0.3) is 0 Å². The van der Waals surface area contributed by atoms with Gasteiger partial charge in [-0.15, -0.1) is 0 Å². The molecule has 2 unspecified atom stereocenters. The maximum atomic E-state index is 14.2. The number of aliphatic hydroxyl groups is 1. The molecule has 1 aliphatic carbocycles. The first-order valence-electron chi connectivity index (χ1n) is 6.82. The Labute approximate surface area is 107 Å². The fraction of sp³-hybridized carbons (Fsp3) is 0.643. The summed E-state index contributed by atoms with van der Waals surface area (Å²) in [6, 6.07) is 2.00. The third-order valence-electron chi connectivity index (χ3n) is 4.40. The molecule has 0 aromatic carbocycles. The highest BCUT2D eigenvalue weighted by molar-refractivity contribution is 5.45. The van der Waals surface area contributed by atoms with E-state index in [1.807, 2.05) is 0 Å². The summed E-state index contributed by atoms with van der Waals surface area (Å²) in [5, 5.41) is 9.13. The Morgan fingerprint density at radius 2 is 2.17 bits per heavy atom. The zero-order valence-electron chi connectivity index (χ0n) is 10.5. The fourth-order valence-electron chi connectivity index (χ4n) is 3.46. The standard InChI is InChI=1S/C14H19FN2O/c15-13-11(9-18)5-7-16-14(13)17-8-6-10-3-1-2-4-12(10)17/h5,7,10,12,18H,1-4,6,8-9H2. The van der Waals surface area contributed by atoms with Gasteiger partial charge in [-0.1, -0.05) is 12.8 Å². The highest BCUT2D eigenvalue weighted by Gasteiger charge is 2.37. The van der Waals surface area contributed by atoms with Gasteiger partial charge in [-0.3, -0.25) is 0 Å². The van der Waals surface area contributed by atoms with Gasteiger partial charge in [-0.05, 0) is 31.2 Å². The molecule has 3 nitrogen and oxygen atoms in total. The van der Waals surface area contributed by atoms with Crippen molar-refractivity contribution in [3.63, 3.8) is 0 Å². The SMILES string of the molecule is OCc1ccnc(N2CCC3CCCCC32)c1F. The third-order valence-corrected chi connectivity index (χ3v) is 4.40. The van der Waals surface area contributed by atoms with Gasteiger partial charge < -0.3 is 10.0 Å². The predicted molar refractivity (Wildman–Crippen MR) is 67.8 cm³/mol. The van der Waals surface area contributed by atoms with E-state index in [0.717, 1.165) is 19.4 Å². The summed E-state index contributed by atoms with van der Waals surface area (Å²) in [5.74, 6) is 0.805. The Morgan fingerprint density at radius 3 is 3.00 bits per heavy atom. The molecular weight excluding hydrogens is 231 g/mol. The molecule has 2 heterocycles. The first kappa shape index (κ1) is 11.9. The Kier molecular flexibility index (Phi) is 3.20. The molecule has 1 saturated heterocycles. The van der Waals surface area contributed by atoms with Crippen molar-refractivity contribution in [1.29, 1.82) is 0 Å². The van der Waals surface area contributed by atoms with Crippen molar-refractivity contribution in [3.05, 3.63) is 23.6 Å². The minimum atomic E-state index is -0.341. The predicted octanol–water partition coefficient (Wildman–Crippen LogP) is 2.48. The van der Waals surface area contributed by atoms with Crippen LogP contribution in [0.4, 0.5) is 10.2 Å². The monoisotopic (exact) mass is 250 g/mol. The Hall–Kier alpha value is -1.16. The number of pyridine rings is 1. The van der Waals surface area contributed by atoms with E-state index in [1.165, 1.54) is 19.3 Å². The van der Waals surface area contributed by atoms with Crippen LogP contribution in [0.15, 0.2) is 12.3 Å². The van der Waals surface area contributed by atoms with E-state index >= 15 is 0 Å². The fourth-order valence-corrected chi connectivity index (χ4v) is 3.46. The number of aliphatic hydroxyl groups excluding tert-OH is 1. The molecule has 2 fully saturated rings. The van der Waals surface area contributed by atoms with Gasteiger partial charge >= 0.3 is 0 Å². The number of fused-ring (bicyclic) bond motifs is 1. The second-order valence-corrected chi connectivity index (χ2v) is 5.36. The summed E-state index contributed by atoms with van der Waals surface area (Å²) in [6.07, 6.45) is 7.70. The van der Waals surface area contributed by atoms with Gasteiger partial charge in [0.05, 0.1) is 6.61 Å². The van der Waals surface area contributed by atoms with Crippen molar-refractivity contribution in [2.45, 2.75) is 44.8 Å². The molecule has 0 spiro atoms. The van der Waals surface area contributed by atoms with Gasteiger partial charge in [0.2, 0.25) is 0 Å². The first-order valence-corrected chi connectivity index (χ1v) is 6.82. The van der Waals surface area contributed by atoms with Gasteiger partial charge in [-0.2, -0.15) is 0 Å². The zero-order chi connectivity index (χ0) is 12.5. The van der Waals surface area contributed by atoms with Crippen LogP contribution < -0.4 is 4.90 Å². The summed E-state index contributed by atoms with van der Waals surface area (Å²) in [6.45, 7) is 0.636. The summed E-state index contributed by atoms with van der Waals surface area (Å²) >= 11 is 0. The molecule has 0 bridgehead atoms. The average Bonchev–Trinajstić information content (AvgIpc) is 2.83. The molecule has 1 saturated carbocycles. The number of anilines is 1. The lowest BCUT2D eigenvalue weighted by Crippen LogP contribution is -2.36. The van der Waals surface area contributed by atoms with E-state index in [2.05, 4.69) is 9.88 Å². The topological polar surface area (TPSA) is 36.4 Å². The van der Waals surface area contributed by atoms with E-state index in [1.54, 1.807) is 12.3 Å². The first-order chi connectivity index (χ1) is 8.81. The normalized spacial score (nSPS) is 27.3. The van der Waals surface area contributed by atoms with Crippen LogP contribution in [-0.2, 0) is 6.61 Å². The number of nitrogens with zero attached hydrogens (tertiary/aromatic N) is 2. The van der Waals surface area contributed by atoms with Crippen LogP contribution in [0.1, 0.15) is 37.7 Å². The van der Waals surface area contributed by atoms with Crippen LogP contribution in [0.3, 0.4) is 0 Å². The Balaban J connectivity index is 1.90. The molecule has 2 aliphatic rings. The van der Waals surface area contributed by atoms with E-state index < -0.39 is 0 Å². The van der Waals surface area contributed by atoms with Gasteiger partial charge in [0, 0.05) is 24.3 Å². The highest BCUT2D eigenvalue weighted by Crippen LogP contribution is 2.39. The van der Waals surface area contributed by atoms with E-state index in [4.69, 9.17) is 5.11 Å². The van der Waals surface area contributed by atoms with Crippen LogP contribution >= 0.6 is 0 Å². The van der Waals surface area contributed by atoms with Crippen molar-refractivity contribution in [1.82, 2.24) is 4.98 Å². The molecule has 18 heavy (non-hydrogen) atoms. The van der Waals surface area contributed by atoms with Gasteiger partial charge in [0.15, 0.2) is 11.6 Å². The second kappa shape index (κ2) is 4.84. The van der Waals surface area contributed by atoms with Crippen molar-refractivity contribution in [3.8, 4) is 0 Å². The highest BCUT2D eigenvalue weighted by atomic mass is 19.1. The van der Waals surface area contributed by atoms with Crippen LogP contribution in [0.25, 0.3) is 0 Å². The molecule has 1 aliphatic heterocycles. The van der Waals surface area contributed by atoms with Crippen LogP contribution in [0.2, 0.25) is 0 Å². The van der Waals surface area contributed by atoms with Crippen molar-refractivity contribution >= 4 is 5.82 Å². The van der Waals surface area contributed by atoms with E-state index in [-0.39, 0.29) is 12.4 Å². The van der Waals surface area contributed by atoms with Crippen molar-refractivity contribution < 1.29 is 9.50 Å². The lowest BCUT2D eigenvalue weighted by molar-refractivity contribution is 0.275. The minimum absolute atomic E-state index is 0.261. The second-order valence-electron chi connectivity index (χ2n) is 5.36. The maximum absolute atomic E-state index is 14.2. The number of hydrogen-bond acceptors (Lipinski definition) is 3. The van der Waals surface area contributed by atoms with Crippen molar-refractivity contribution in [2.24, 2.45) is 5.92 Å².